The van der Waals surface area contributed by atoms with E-state index in [4.69, 9.17) is 11.5 Å². The van der Waals surface area contributed by atoms with Gasteiger partial charge < -0.3 is 21.7 Å². The predicted molar refractivity (Wildman–Crippen MR) is 68.5 cm³/mol. The Hall–Kier alpha value is -2.69. The molecule has 0 spiro atoms. The summed E-state index contributed by atoms with van der Waals surface area (Å²) in [6, 6.07) is 8.84. The lowest BCUT2D eigenvalue weighted by molar-refractivity contribution is 0.103. The lowest BCUT2D eigenvalue weighted by atomic mass is 10.00. The Balaban J connectivity index is 2.55. The largest absolute Gasteiger partial charge is 0.504 e. The topological polar surface area (TPSA) is 110 Å². The Morgan fingerprint density at radius 1 is 0.944 bits per heavy atom. The molecule has 0 saturated carbocycles. The quantitative estimate of drug-likeness (QED) is 0.363. The summed E-state index contributed by atoms with van der Waals surface area (Å²) in [6.07, 6.45) is 0. The smallest absolute Gasteiger partial charge is 0.199 e. The van der Waals surface area contributed by atoms with Crippen molar-refractivity contribution in [2.75, 3.05) is 11.5 Å². The molecule has 0 aliphatic rings. The van der Waals surface area contributed by atoms with Crippen LogP contribution < -0.4 is 11.5 Å². The summed E-state index contributed by atoms with van der Waals surface area (Å²) < 4.78 is 0. The first-order valence-corrected chi connectivity index (χ1v) is 5.22. The van der Waals surface area contributed by atoms with Gasteiger partial charge in [-0.1, -0.05) is 12.1 Å². The van der Waals surface area contributed by atoms with Crippen molar-refractivity contribution in [3.63, 3.8) is 0 Å². The minimum absolute atomic E-state index is 0.0210. The lowest BCUT2D eigenvalue weighted by Crippen LogP contribution is -2.07. The average Bonchev–Trinajstić information content (AvgIpc) is 2.35. The van der Waals surface area contributed by atoms with E-state index in [-0.39, 0.29) is 22.6 Å². The number of ketones is 1. The third-order valence-electron chi connectivity index (χ3n) is 2.64. The molecule has 0 amide bonds. The molecule has 0 unspecified atom stereocenters. The fourth-order valence-corrected chi connectivity index (χ4v) is 1.64. The van der Waals surface area contributed by atoms with E-state index in [9.17, 15) is 15.0 Å². The Labute approximate surface area is 103 Å². The van der Waals surface area contributed by atoms with Crippen LogP contribution in [0.3, 0.4) is 0 Å². The highest BCUT2D eigenvalue weighted by molar-refractivity contribution is 6.14. The maximum Gasteiger partial charge on any atom is 0.199 e. The Morgan fingerprint density at radius 2 is 1.56 bits per heavy atom. The van der Waals surface area contributed by atoms with Crippen LogP contribution in [0, 0.1) is 0 Å². The highest BCUT2D eigenvalue weighted by atomic mass is 16.3. The summed E-state index contributed by atoms with van der Waals surface area (Å²) in [7, 11) is 0. The van der Waals surface area contributed by atoms with Gasteiger partial charge in [-0.3, -0.25) is 4.79 Å². The number of phenols is 2. The number of phenolic OH excluding ortho intramolecular Hbond substituents is 2. The van der Waals surface area contributed by atoms with Crippen LogP contribution in [0.5, 0.6) is 11.5 Å². The van der Waals surface area contributed by atoms with Crippen molar-refractivity contribution >= 4 is 17.2 Å². The molecule has 0 saturated heterocycles. The number of hydrogen-bond acceptors (Lipinski definition) is 5. The van der Waals surface area contributed by atoms with Gasteiger partial charge >= 0.3 is 0 Å². The SMILES string of the molecule is Nc1cccc(C(=O)c2cccc(O)c2O)c1N. The van der Waals surface area contributed by atoms with Crippen molar-refractivity contribution in [3.8, 4) is 11.5 Å². The Kier molecular flexibility index (Phi) is 2.81. The van der Waals surface area contributed by atoms with Gasteiger partial charge in [0.1, 0.15) is 0 Å². The second-order valence-corrected chi connectivity index (χ2v) is 3.81. The van der Waals surface area contributed by atoms with E-state index in [2.05, 4.69) is 0 Å². The Morgan fingerprint density at radius 3 is 2.28 bits per heavy atom. The predicted octanol–water partition coefficient (Wildman–Crippen LogP) is 1.49. The number of carbonyl (C=O) groups excluding carboxylic acids is 1. The molecule has 0 bridgehead atoms. The first kappa shape index (κ1) is 11.8. The summed E-state index contributed by atoms with van der Waals surface area (Å²) in [5, 5.41) is 19.0. The molecule has 0 fully saturated rings. The average molecular weight is 244 g/mol. The van der Waals surface area contributed by atoms with Crippen LogP contribution in [-0.2, 0) is 0 Å². The second-order valence-electron chi connectivity index (χ2n) is 3.81. The molecule has 0 radical (unpaired) electrons. The number of hydrogen-bond donors (Lipinski definition) is 4. The molecule has 2 aromatic rings. The molecule has 5 heteroatoms. The van der Waals surface area contributed by atoms with E-state index >= 15 is 0 Å². The van der Waals surface area contributed by atoms with Crippen molar-refractivity contribution in [1.82, 2.24) is 0 Å². The zero-order valence-corrected chi connectivity index (χ0v) is 9.42. The molecule has 0 heterocycles. The molecular weight excluding hydrogens is 232 g/mol. The number of carbonyl (C=O) groups is 1. The number of aromatic hydroxyl groups is 2. The van der Waals surface area contributed by atoms with Gasteiger partial charge in [-0.25, -0.2) is 0 Å². The molecular formula is C13H12N2O3. The van der Waals surface area contributed by atoms with E-state index < -0.39 is 11.5 Å². The van der Waals surface area contributed by atoms with Gasteiger partial charge in [0.05, 0.1) is 16.9 Å². The molecule has 6 N–H and O–H groups in total. The van der Waals surface area contributed by atoms with Crippen molar-refractivity contribution in [1.29, 1.82) is 0 Å². The van der Waals surface area contributed by atoms with Crippen LogP contribution in [0.1, 0.15) is 15.9 Å². The van der Waals surface area contributed by atoms with Gasteiger partial charge in [0.2, 0.25) is 0 Å². The summed E-state index contributed by atoms with van der Waals surface area (Å²) in [4.78, 5) is 12.2. The summed E-state index contributed by atoms with van der Waals surface area (Å²) >= 11 is 0. The Bertz CT molecular complexity index is 570. The van der Waals surface area contributed by atoms with Gasteiger partial charge in [-0.15, -0.1) is 0 Å². The minimum Gasteiger partial charge on any atom is -0.504 e. The van der Waals surface area contributed by atoms with Crippen molar-refractivity contribution in [2.24, 2.45) is 0 Å². The first-order chi connectivity index (χ1) is 8.52. The number of nitrogen functional groups attached to an aromatic ring is 2. The third-order valence-corrected chi connectivity index (χ3v) is 2.64. The highest BCUT2D eigenvalue weighted by Crippen LogP contribution is 2.31. The van der Waals surface area contributed by atoms with Crippen molar-refractivity contribution in [2.45, 2.75) is 0 Å². The number of benzene rings is 2. The number of anilines is 2. The first-order valence-electron chi connectivity index (χ1n) is 5.22. The van der Waals surface area contributed by atoms with Gasteiger partial charge in [-0.2, -0.15) is 0 Å². The van der Waals surface area contributed by atoms with Crippen LogP contribution in [0.2, 0.25) is 0 Å². The second kappa shape index (κ2) is 4.29. The molecule has 2 rings (SSSR count). The van der Waals surface area contributed by atoms with Gasteiger partial charge in [0, 0.05) is 5.56 Å². The third kappa shape index (κ3) is 1.82. The maximum atomic E-state index is 12.2. The van der Waals surface area contributed by atoms with Crippen LogP contribution in [0.4, 0.5) is 11.4 Å². The van der Waals surface area contributed by atoms with Crippen LogP contribution >= 0.6 is 0 Å². The fraction of sp³-hybridized carbons (Fsp3) is 0. The molecule has 0 aliphatic carbocycles. The summed E-state index contributed by atoms with van der Waals surface area (Å²) in [5.41, 5.74) is 12.0. The number of nitrogens with two attached hydrogens (primary N) is 2. The lowest BCUT2D eigenvalue weighted by Gasteiger charge is -2.09. The highest BCUT2D eigenvalue weighted by Gasteiger charge is 2.18. The minimum atomic E-state index is -0.492. The van der Waals surface area contributed by atoms with Crippen LogP contribution in [0.15, 0.2) is 36.4 Å². The summed E-state index contributed by atoms with van der Waals surface area (Å²) in [6.45, 7) is 0. The van der Waals surface area contributed by atoms with Gasteiger partial charge in [0.25, 0.3) is 0 Å². The van der Waals surface area contributed by atoms with Crippen molar-refractivity contribution < 1.29 is 15.0 Å². The van der Waals surface area contributed by atoms with Gasteiger partial charge in [0.15, 0.2) is 17.3 Å². The zero-order chi connectivity index (χ0) is 13.3. The van der Waals surface area contributed by atoms with Crippen LogP contribution in [-0.4, -0.2) is 16.0 Å². The zero-order valence-electron chi connectivity index (χ0n) is 9.42. The summed E-state index contributed by atoms with van der Waals surface area (Å²) in [5.74, 6) is -1.32. The van der Waals surface area contributed by atoms with E-state index in [0.717, 1.165) is 0 Å². The van der Waals surface area contributed by atoms with E-state index in [1.54, 1.807) is 12.1 Å². The normalized spacial score (nSPS) is 10.2. The molecule has 18 heavy (non-hydrogen) atoms. The number of rotatable bonds is 2. The molecule has 0 aliphatic heterocycles. The van der Waals surface area contributed by atoms with E-state index in [0.29, 0.717) is 5.69 Å². The fourth-order valence-electron chi connectivity index (χ4n) is 1.64. The van der Waals surface area contributed by atoms with E-state index in [1.165, 1.54) is 24.3 Å². The van der Waals surface area contributed by atoms with Crippen molar-refractivity contribution in [3.05, 3.63) is 47.5 Å². The monoisotopic (exact) mass is 244 g/mol. The van der Waals surface area contributed by atoms with Gasteiger partial charge in [-0.05, 0) is 24.3 Å². The molecule has 5 nitrogen and oxygen atoms in total. The molecule has 0 atom stereocenters. The number of para-hydroxylation sites is 2. The van der Waals surface area contributed by atoms with E-state index in [1.807, 2.05) is 0 Å². The maximum absolute atomic E-state index is 12.2. The molecule has 0 aromatic heterocycles. The molecule has 92 valence electrons. The molecule has 2 aromatic carbocycles. The van der Waals surface area contributed by atoms with Crippen LogP contribution in [0.25, 0.3) is 0 Å². The standard InChI is InChI=1S/C13H12N2O3/c14-9-5-1-3-7(11(9)15)12(17)8-4-2-6-10(16)13(8)18/h1-6,16,18H,14-15H2.